The van der Waals surface area contributed by atoms with Crippen LogP contribution in [-0.2, 0) is 10.8 Å². The number of benzene rings is 2. The first-order valence-electron chi connectivity index (χ1n) is 10.3. The lowest BCUT2D eigenvalue weighted by molar-refractivity contribution is -0.274. The summed E-state index contributed by atoms with van der Waals surface area (Å²) in [5.74, 6) is 0.587. The fourth-order valence-electron chi connectivity index (χ4n) is 4.13. The monoisotopic (exact) mass is 442 g/mol. The number of ether oxygens (including phenoxy) is 3. The van der Waals surface area contributed by atoms with Gasteiger partial charge >= 0.3 is 12.5 Å². The maximum atomic E-state index is 14.5. The van der Waals surface area contributed by atoms with Crippen LogP contribution in [0.5, 0.6) is 11.5 Å². The molecule has 1 heterocycles. The topological polar surface area (TPSA) is 27.7 Å². The first-order chi connectivity index (χ1) is 14.7. The van der Waals surface area contributed by atoms with Crippen LogP contribution in [0.2, 0.25) is 0 Å². The lowest BCUT2D eigenvalue weighted by Gasteiger charge is -2.38. The number of hydrogen-bond donors (Lipinski definition) is 0. The van der Waals surface area contributed by atoms with Crippen molar-refractivity contribution in [3.63, 3.8) is 0 Å². The first-order valence-corrected chi connectivity index (χ1v) is 10.3. The fourth-order valence-corrected chi connectivity index (χ4v) is 4.13. The van der Waals surface area contributed by atoms with Crippen molar-refractivity contribution in [2.45, 2.75) is 50.7 Å². The zero-order chi connectivity index (χ0) is 22.1. The molecule has 2 aliphatic rings. The molecule has 1 saturated carbocycles. The van der Waals surface area contributed by atoms with Crippen molar-refractivity contribution in [1.82, 2.24) is 0 Å². The summed E-state index contributed by atoms with van der Waals surface area (Å²) in [7, 11) is 0. The minimum absolute atomic E-state index is 0.0962. The van der Waals surface area contributed by atoms with Crippen molar-refractivity contribution < 1.29 is 36.2 Å². The highest BCUT2D eigenvalue weighted by Crippen LogP contribution is 2.41. The Morgan fingerprint density at radius 1 is 0.710 bits per heavy atom. The number of rotatable bonds is 6. The van der Waals surface area contributed by atoms with Crippen molar-refractivity contribution in [2.24, 2.45) is 11.8 Å². The molecule has 2 aromatic carbocycles. The summed E-state index contributed by atoms with van der Waals surface area (Å²) in [5.41, 5.74) is 0.496. The zero-order valence-corrected chi connectivity index (χ0v) is 16.7. The van der Waals surface area contributed by atoms with Gasteiger partial charge in [0.2, 0.25) is 0 Å². The molecule has 31 heavy (non-hydrogen) atoms. The van der Waals surface area contributed by atoms with E-state index < -0.39 is 18.2 Å². The van der Waals surface area contributed by atoms with E-state index in [1.54, 1.807) is 12.1 Å². The maximum absolute atomic E-state index is 14.5. The third-order valence-electron chi connectivity index (χ3n) is 6.05. The molecule has 1 saturated heterocycles. The van der Waals surface area contributed by atoms with E-state index in [0.29, 0.717) is 12.5 Å². The van der Waals surface area contributed by atoms with Gasteiger partial charge in [-0.1, -0.05) is 31.4 Å². The van der Waals surface area contributed by atoms with E-state index in [2.05, 4.69) is 4.74 Å². The molecule has 2 fully saturated rings. The molecule has 0 bridgehead atoms. The van der Waals surface area contributed by atoms with E-state index in [4.69, 9.17) is 9.47 Å². The lowest BCUT2D eigenvalue weighted by atomic mass is 9.73. The maximum Gasteiger partial charge on any atom is 0.573 e. The molecule has 0 radical (unpaired) electrons. The van der Waals surface area contributed by atoms with Crippen LogP contribution in [0.25, 0.3) is 0 Å². The molecule has 3 nitrogen and oxygen atoms in total. The lowest BCUT2D eigenvalue weighted by Crippen LogP contribution is -2.30. The molecule has 168 valence electrons. The molecule has 1 aliphatic carbocycles. The summed E-state index contributed by atoms with van der Waals surface area (Å²) in [5, 5.41) is 0. The van der Waals surface area contributed by atoms with Crippen molar-refractivity contribution in [3.05, 3.63) is 59.7 Å². The summed E-state index contributed by atoms with van der Waals surface area (Å²) in [6.45, 7) is 0.713. The third-order valence-corrected chi connectivity index (χ3v) is 6.05. The SMILES string of the molecule is FC(F)(F)Oc1ccc(OC(F)(F)c2ccc(C3CCC(C4CCC4)CO3)cc2)cc1. The Morgan fingerprint density at radius 2 is 1.32 bits per heavy atom. The predicted molar refractivity (Wildman–Crippen MR) is 103 cm³/mol. The van der Waals surface area contributed by atoms with Gasteiger partial charge in [-0.15, -0.1) is 13.2 Å². The molecule has 0 spiro atoms. The average molecular weight is 442 g/mol. The molecule has 8 heteroatoms. The molecule has 2 unspecified atom stereocenters. The van der Waals surface area contributed by atoms with Gasteiger partial charge in [-0.2, -0.15) is 8.78 Å². The van der Waals surface area contributed by atoms with Gasteiger partial charge in [-0.25, -0.2) is 0 Å². The normalized spacial score (nSPS) is 22.6. The van der Waals surface area contributed by atoms with E-state index in [1.807, 2.05) is 0 Å². The molecular formula is C23H23F5O3. The predicted octanol–water partition coefficient (Wildman–Crippen LogP) is 6.98. The van der Waals surface area contributed by atoms with E-state index >= 15 is 0 Å². The van der Waals surface area contributed by atoms with Crippen molar-refractivity contribution in [2.75, 3.05) is 6.61 Å². The van der Waals surface area contributed by atoms with E-state index in [-0.39, 0.29) is 17.4 Å². The molecule has 0 aromatic heterocycles. The Hall–Kier alpha value is -2.35. The van der Waals surface area contributed by atoms with Crippen molar-refractivity contribution in [3.8, 4) is 11.5 Å². The summed E-state index contributed by atoms with van der Waals surface area (Å²) in [4.78, 5) is 0. The van der Waals surface area contributed by atoms with Crippen LogP contribution in [0, 0.1) is 11.8 Å². The van der Waals surface area contributed by atoms with Gasteiger partial charge in [0, 0.05) is 0 Å². The Labute approximate surface area is 177 Å². The Kier molecular flexibility index (Phi) is 6.10. The van der Waals surface area contributed by atoms with Crippen LogP contribution < -0.4 is 9.47 Å². The van der Waals surface area contributed by atoms with Gasteiger partial charge in [-0.05, 0) is 66.6 Å². The number of alkyl halides is 5. The molecule has 2 aromatic rings. The fraction of sp³-hybridized carbons (Fsp3) is 0.478. The van der Waals surface area contributed by atoms with Gasteiger partial charge in [0.25, 0.3) is 0 Å². The highest BCUT2D eigenvalue weighted by molar-refractivity contribution is 5.33. The summed E-state index contributed by atoms with van der Waals surface area (Å²) < 4.78 is 80.0. The van der Waals surface area contributed by atoms with Crippen LogP contribution in [-0.4, -0.2) is 13.0 Å². The van der Waals surface area contributed by atoms with Crippen LogP contribution in [0.3, 0.4) is 0 Å². The summed E-state index contributed by atoms with van der Waals surface area (Å²) in [6, 6.07) is 9.63. The van der Waals surface area contributed by atoms with E-state index in [9.17, 15) is 22.0 Å². The van der Waals surface area contributed by atoms with Crippen molar-refractivity contribution in [1.29, 1.82) is 0 Å². The third kappa shape index (κ3) is 5.47. The molecule has 4 rings (SSSR count). The second kappa shape index (κ2) is 8.65. The van der Waals surface area contributed by atoms with Crippen molar-refractivity contribution >= 4 is 0 Å². The van der Waals surface area contributed by atoms with Crippen LogP contribution >= 0.6 is 0 Å². The second-order valence-electron chi connectivity index (χ2n) is 8.11. The molecular weight excluding hydrogens is 419 g/mol. The van der Waals surface area contributed by atoms with Crippen LogP contribution in [0.1, 0.15) is 49.3 Å². The van der Waals surface area contributed by atoms with Gasteiger partial charge < -0.3 is 14.2 Å². The van der Waals surface area contributed by atoms with E-state index in [0.717, 1.165) is 48.6 Å². The van der Waals surface area contributed by atoms with Gasteiger partial charge in [0.15, 0.2) is 0 Å². The molecule has 0 amide bonds. The minimum atomic E-state index is -4.85. The number of hydrogen-bond acceptors (Lipinski definition) is 3. The summed E-state index contributed by atoms with van der Waals surface area (Å²) in [6.07, 6.45) is -2.78. The zero-order valence-electron chi connectivity index (χ0n) is 16.7. The minimum Gasteiger partial charge on any atom is -0.429 e. The Bertz CT molecular complexity index is 852. The quantitative estimate of drug-likeness (QED) is 0.452. The standard InChI is InChI=1S/C23H23F5O3/c24-22(25,30-19-9-11-20(12-10-19)31-23(26,27)28)18-7-4-16(5-8-18)21-13-6-17(14-29-21)15-2-1-3-15/h4-5,7-12,15,17,21H,1-3,6,13-14H2. The van der Waals surface area contributed by atoms with E-state index in [1.165, 1.54) is 31.4 Å². The largest absolute Gasteiger partial charge is 0.573 e. The second-order valence-corrected chi connectivity index (χ2v) is 8.11. The van der Waals surface area contributed by atoms with Crippen LogP contribution in [0.4, 0.5) is 22.0 Å². The highest BCUT2D eigenvalue weighted by atomic mass is 19.4. The average Bonchev–Trinajstić information content (AvgIpc) is 2.68. The smallest absolute Gasteiger partial charge is 0.429 e. The van der Waals surface area contributed by atoms with Gasteiger partial charge in [0.1, 0.15) is 11.5 Å². The molecule has 1 aliphatic heterocycles. The first kappa shape index (κ1) is 21.9. The number of halogens is 5. The van der Waals surface area contributed by atoms with Crippen LogP contribution in [0.15, 0.2) is 48.5 Å². The molecule has 0 N–H and O–H groups in total. The summed E-state index contributed by atoms with van der Waals surface area (Å²) >= 11 is 0. The van der Waals surface area contributed by atoms with Gasteiger partial charge in [0.05, 0.1) is 18.3 Å². The Morgan fingerprint density at radius 3 is 1.81 bits per heavy atom. The molecule has 2 atom stereocenters. The Balaban J connectivity index is 1.35. The van der Waals surface area contributed by atoms with Gasteiger partial charge in [-0.3, -0.25) is 0 Å². The highest BCUT2D eigenvalue weighted by Gasteiger charge is 2.36.